The van der Waals surface area contributed by atoms with Gasteiger partial charge in [-0.2, -0.15) is 10.4 Å². The number of ether oxygens (including phenoxy) is 1. The predicted molar refractivity (Wildman–Crippen MR) is 63.5 cm³/mol. The first-order valence-corrected chi connectivity index (χ1v) is 5.19. The van der Waals surface area contributed by atoms with Crippen molar-refractivity contribution in [3.05, 3.63) is 40.5 Å². The van der Waals surface area contributed by atoms with Crippen LogP contribution in [0, 0.1) is 11.3 Å². The maximum atomic E-state index is 8.86. The average Bonchev–Trinajstić information content (AvgIpc) is 2.69. The van der Waals surface area contributed by atoms with E-state index >= 15 is 0 Å². The lowest BCUT2D eigenvalue weighted by molar-refractivity contribution is 0.301. The van der Waals surface area contributed by atoms with Crippen molar-refractivity contribution >= 4 is 17.4 Å². The van der Waals surface area contributed by atoms with E-state index in [1.807, 2.05) is 6.07 Å². The lowest BCUT2D eigenvalue weighted by Gasteiger charge is -2.04. The van der Waals surface area contributed by atoms with E-state index in [9.17, 15) is 0 Å². The van der Waals surface area contributed by atoms with E-state index in [2.05, 4.69) is 10.2 Å². The molecule has 17 heavy (non-hydrogen) atoms. The van der Waals surface area contributed by atoms with Gasteiger partial charge < -0.3 is 10.5 Å². The van der Waals surface area contributed by atoms with Gasteiger partial charge in [-0.1, -0.05) is 11.6 Å². The molecule has 0 aliphatic carbocycles. The highest BCUT2D eigenvalue weighted by Crippen LogP contribution is 2.18. The Morgan fingerprint density at radius 3 is 2.76 bits per heavy atom. The van der Waals surface area contributed by atoms with Gasteiger partial charge in [0.1, 0.15) is 24.0 Å². The van der Waals surface area contributed by atoms with Gasteiger partial charge in [0.05, 0.1) is 5.69 Å². The fourth-order valence-electron chi connectivity index (χ4n) is 1.31. The summed E-state index contributed by atoms with van der Waals surface area (Å²) in [6, 6.07) is 8.91. The standard InChI is InChI=1S/C11H9ClN4O/c12-7-1-3-8(4-2-7)17-6-10-9(5-13)11(14)16-15-10/h1-4H,6H2,(H3,14,15,16). The summed E-state index contributed by atoms with van der Waals surface area (Å²) >= 11 is 5.75. The topological polar surface area (TPSA) is 87.7 Å². The third-order valence-corrected chi connectivity index (χ3v) is 2.43. The zero-order chi connectivity index (χ0) is 12.3. The molecule has 0 spiro atoms. The average molecular weight is 249 g/mol. The number of rotatable bonds is 3. The molecular weight excluding hydrogens is 240 g/mol. The Morgan fingerprint density at radius 2 is 2.12 bits per heavy atom. The molecule has 1 heterocycles. The van der Waals surface area contributed by atoms with Crippen LogP contribution in [0.2, 0.25) is 5.02 Å². The van der Waals surface area contributed by atoms with Gasteiger partial charge in [-0.3, -0.25) is 5.10 Å². The van der Waals surface area contributed by atoms with E-state index in [0.29, 0.717) is 22.0 Å². The van der Waals surface area contributed by atoms with E-state index in [-0.39, 0.29) is 12.4 Å². The largest absolute Gasteiger partial charge is 0.487 e. The number of aromatic amines is 1. The molecule has 0 aliphatic rings. The van der Waals surface area contributed by atoms with Gasteiger partial charge in [0.2, 0.25) is 0 Å². The summed E-state index contributed by atoms with van der Waals surface area (Å²) in [5, 5.41) is 15.9. The molecule has 0 aliphatic heterocycles. The minimum Gasteiger partial charge on any atom is -0.487 e. The van der Waals surface area contributed by atoms with E-state index in [1.54, 1.807) is 24.3 Å². The number of aromatic nitrogens is 2. The quantitative estimate of drug-likeness (QED) is 0.871. The summed E-state index contributed by atoms with van der Waals surface area (Å²) < 4.78 is 5.47. The highest BCUT2D eigenvalue weighted by atomic mass is 35.5. The van der Waals surface area contributed by atoms with Crippen LogP contribution in [-0.4, -0.2) is 10.2 Å². The van der Waals surface area contributed by atoms with Crippen LogP contribution in [0.3, 0.4) is 0 Å². The normalized spacial score (nSPS) is 9.88. The van der Waals surface area contributed by atoms with Gasteiger partial charge in [0.15, 0.2) is 5.82 Å². The highest BCUT2D eigenvalue weighted by molar-refractivity contribution is 6.30. The Labute approximate surface area is 103 Å². The smallest absolute Gasteiger partial charge is 0.163 e. The van der Waals surface area contributed by atoms with Crippen molar-refractivity contribution in [2.45, 2.75) is 6.61 Å². The van der Waals surface area contributed by atoms with E-state index in [4.69, 9.17) is 27.3 Å². The van der Waals surface area contributed by atoms with Crippen molar-refractivity contribution in [2.24, 2.45) is 0 Å². The molecule has 3 N–H and O–H groups in total. The fraction of sp³-hybridized carbons (Fsp3) is 0.0909. The van der Waals surface area contributed by atoms with Gasteiger partial charge in [-0.25, -0.2) is 0 Å². The number of hydrogen-bond donors (Lipinski definition) is 2. The maximum absolute atomic E-state index is 8.86. The van der Waals surface area contributed by atoms with E-state index in [0.717, 1.165) is 0 Å². The molecule has 6 heteroatoms. The summed E-state index contributed by atoms with van der Waals surface area (Å²) in [7, 11) is 0. The Kier molecular flexibility index (Phi) is 3.17. The number of nitrogens with two attached hydrogens (primary N) is 1. The Morgan fingerprint density at radius 1 is 1.41 bits per heavy atom. The van der Waals surface area contributed by atoms with Crippen molar-refractivity contribution in [1.29, 1.82) is 5.26 Å². The number of hydrogen-bond acceptors (Lipinski definition) is 4. The molecule has 0 amide bonds. The number of nitrogens with one attached hydrogen (secondary N) is 1. The van der Waals surface area contributed by atoms with Gasteiger partial charge in [-0.05, 0) is 24.3 Å². The second kappa shape index (κ2) is 4.76. The molecule has 0 atom stereocenters. The molecule has 0 saturated heterocycles. The molecule has 5 nitrogen and oxygen atoms in total. The van der Waals surface area contributed by atoms with Crippen molar-refractivity contribution in [1.82, 2.24) is 10.2 Å². The summed E-state index contributed by atoms with van der Waals surface area (Å²) in [5.41, 5.74) is 6.38. The lowest BCUT2D eigenvalue weighted by atomic mass is 10.2. The third kappa shape index (κ3) is 2.49. The molecule has 1 aromatic heterocycles. The zero-order valence-corrected chi connectivity index (χ0v) is 9.53. The van der Waals surface area contributed by atoms with Crippen LogP contribution in [0.5, 0.6) is 5.75 Å². The number of H-pyrrole nitrogens is 1. The molecule has 0 radical (unpaired) electrons. The van der Waals surface area contributed by atoms with Crippen LogP contribution in [-0.2, 0) is 6.61 Å². The van der Waals surface area contributed by atoms with Crippen molar-refractivity contribution in [3.8, 4) is 11.8 Å². The lowest BCUT2D eigenvalue weighted by Crippen LogP contribution is -1.98. The minimum atomic E-state index is 0.183. The number of nitriles is 1. The predicted octanol–water partition coefficient (Wildman–Crippen LogP) is 2.10. The number of nitrogen functional groups attached to an aromatic ring is 1. The first-order valence-electron chi connectivity index (χ1n) is 4.82. The van der Waals surface area contributed by atoms with Crippen molar-refractivity contribution in [3.63, 3.8) is 0 Å². The summed E-state index contributed by atoms with van der Waals surface area (Å²) in [5.74, 6) is 0.841. The minimum absolute atomic E-state index is 0.183. The SMILES string of the molecule is N#Cc1c(N)n[nH]c1COc1ccc(Cl)cc1. The Bertz CT molecular complexity index is 556. The molecule has 2 rings (SSSR count). The first-order chi connectivity index (χ1) is 8.20. The van der Waals surface area contributed by atoms with Crippen LogP contribution < -0.4 is 10.5 Å². The van der Waals surface area contributed by atoms with Crippen LogP contribution in [0.25, 0.3) is 0 Å². The number of halogens is 1. The van der Waals surface area contributed by atoms with E-state index in [1.165, 1.54) is 0 Å². The first kappa shape index (κ1) is 11.3. The molecule has 0 bridgehead atoms. The Hall–Kier alpha value is -2.19. The van der Waals surface area contributed by atoms with E-state index < -0.39 is 0 Å². The van der Waals surface area contributed by atoms with Gasteiger partial charge in [0, 0.05) is 5.02 Å². The summed E-state index contributed by atoms with van der Waals surface area (Å²) in [4.78, 5) is 0. The molecule has 0 unspecified atom stereocenters. The van der Waals surface area contributed by atoms with Crippen molar-refractivity contribution < 1.29 is 4.74 Å². The second-order valence-corrected chi connectivity index (χ2v) is 3.75. The molecule has 0 fully saturated rings. The molecular formula is C11H9ClN4O. The van der Waals surface area contributed by atoms with Gasteiger partial charge in [-0.15, -0.1) is 0 Å². The number of anilines is 1. The number of nitrogens with zero attached hydrogens (tertiary/aromatic N) is 2. The third-order valence-electron chi connectivity index (χ3n) is 2.18. The molecule has 1 aromatic carbocycles. The van der Waals surface area contributed by atoms with Crippen LogP contribution in [0.1, 0.15) is 11.3 Å². The summed E-state index contributed by atoms with van der Waals surface area (Å²) in [6.45, 7) is 0.203. The van der Waals surface area contributed by atoms with Gasteiger partial charge in [0.25, 0.3) is 0 Å². The number of benzene rings is 1. The molecule has 2 aromatic rings. The fourth-order valence-corrected chi connectivity index (χ4v) is 1.44. The van der Waals surface area contributed by atoms with Gasteiger partial charge >= 0.3 is 0 Å². The zero-order valence-electron chi connectivity index (χ0n) is 8.77. The summed E-state index contributed by atoms with van der Waals surface area (Å²) in [6.07, 6.45) is 0. The monoisotopic (exact) mass is 248 g/mol. The molecule has 0 saturated carbocycles. The van der Waals surface area contributed by atoms with Crippen LogP contribution in [0.4, 0.5) is 5.82 Å². The molecule has 86 valence electrons. The van der Waals surface area contributed by atoms with Crippen molar-refractivity contribution in [2.75, 3.05) is 5.73 Å². The highest BCUT2D eigenvalue weighted by Gasteiger charge is 2.10. The second-order valence-electron chi connectivity index (χ2n) is 3.32. The van der Waals surface area contributed by atoms with Crippen LogP contribution >= 0.6 is 11.6 Å². The van der Waals surface area contributed by atoms with Crippen LogP contribution in [0.15, 0.2) is 24.3 Å². The maximum Gasteiger partial charge on any atom is 0.163 e. The Balaban J connectivity index is 2.08.